The first kappa shape index (κ1) is 10.2. The molecule has 1 aromatic heterocycles. The van der Waals surface area contributed by atoms with Gasteiger partial charge in [0.2, 0.25) is 0 Å². The fourth-order valence-corrected chi connectivity index (χ4v) is 2.14. The minimum atomic E-state index is 0.822. The zero-order valence-electron chi connectivity index (χ0n) is 9.90. The minimum absolute atomic E-state index is 0.822. The highest BCUT2D eigenvalue weighted by atomic mass is 15.3. The maximum Gasteiger partial charge on any atom is 0.133 e. The fourth-order valence-electron chi connectivity index (χ4n) is 2.14. The molecule has 4 nitrogen and oxygen atoms in total. The van der Waals surface area contributed by atoms with Gasteiger partial charge in [-0.25, -0.2) is 4.68 Å². The Morgan fingerprint density at radius 1 is 1.29 bits per heavy atom. The van der Waals surface area contributed by atoms with E-state index in [-0.39, 0.29) is 0 Å². The Bertz CT molecular complexity index is 530. The molecule has 2 N–H and O–H groups in total. The van der Waals surface area contributed by atoms with Crippen molar-refractivity contribution in [3.05, 3.63) is 36.0 Å². The van der Waals surface area contributed by atoms with Crippen LogP contribution in [0, 0.1) is 0 Å². The zero-order chi connectivity index (χ0) is 11.7. The highest BCUT2D eigenvalue weighted by molar-refractivity contribution is 5.76. The number of hydrogen-bond donors (Lipinski definition) is 2. The van der Waals surface area contributed by atoms with Crippen LogP contribution in [0.25, 0.3) is 0 Å². The van der Waals surface area contributed by atoms with E-state index < -0.39 is 0 Å². The molecular formula is C13H16N4. The van der Waals surface area contributed by atoms with Gasteiger partial charge in [-0.1, -0.05) is 19.1 Å². The second-order valence-electron chi connectivity index (χ2n) is 4.27. The van der Waals surface area contributed by atoms with E-state index in [0.29, 0.717) is 0 Å². The highest BCUT2D eigenvalue weighted by Gasteiger charge is 2.15. The minimum Gasteiger partial charge on any atom is -0.379 e. The molecule has 0 aliphatic carbocycles. The molecule has 0 saturated carbocycles. The summed E-state index contributed by atoms with van der Waals surface area (Å²) in [5, 5.41) is 11.3. The number of aromatic nitrogens is 2. The van der Waals surface area contributed by atoms with Gasteiger partial charge in [0, 0.05) is 18.7 Å². The van der Waals surface area contributed by atoms with Crippen LogP contribution >= 0.6 is 0 Å². The molecule has 0 amide bonds. The second-order valence-corrected chi connectivity index (χ2v) is 4.27. The highest BCUT2D eigenvalue weighted by Crippen LogP contribution is 2.31. The quantitative estimate of drug-likeness (QED) is 0.830. The first-order chi connectivity index (χ1) is 8.38. The lowest BCUT2D eigenvalue weighted by atomic mass is 10.2. The first-order valence-corrected chi connectivity index (χ1v) is 6.03. The molecule has 2 heterocycles. The van der Waals surface area contributed by atoms with Crippen LogP contribution in [0.3, 0.4) is 0 Å². The molecule has 2 aromatic rings. The first-order valence-electron chi connectivity index (χ1n) is 6.03. The third-order valence-corrected chi connectivity index (χ3v) is 3.00. The Morgan fingerprint density at radius 2 is 2.12 bits per heavy atom. The van der Waals surface area contributed by atoms with Crippen LogP contribution in [0.5, 0.6) is 0 Å². The third-order valence-electron chi connectivity index (χ3n) is 3.00. The van der Waals surface area contributed by atoms with Gasteiger partial charge in [0.25, 0.3) is 0 Å². The van der Waals surface area contributed by atoms with Crippen molar-refractivity contribution in [2.24, 2.45) is 0 Å². The van der Waals surface area contributed by atoms with Gasteiger partial charge in [0.15, 0.2) is 0 Å². The van der Waals surface area contributed by atoms with Gasteiger partial charge in [-0.05, 0) is 18.6 Å². The van der Waals surface area contributed by atoms with Gasteiger partial charge < -0.3 is 10.6 Å². The zero-order valence-corrected chi connectivity index (χ0v) is 9.90. The standard InChI is InChI=1S/C13H16N4/c1-2-7-17-13-10(9-15-17)8-14-11-5-3-4-6-12(11)16-13/h3-6,9,14,16H,2,7-8H2,1H3. The molecule has 17 heavy (non-hydrogen) atoms. The lowest BCUT2D eigenvalue weighted by molar-refractivity contribution is 0.610. The monoisotopic (exact) mass is 228 g/mol. The van der Waals surface area contributed by atoms with Crippen LogP contribution in [0.1, 0.15) is 18.9 Å². The number of hydrogen-bond acceptors (Lipinski definition) is 3. The molecule has 88 valence electrons. The third kappa shape index (κ3) is 1.75. The van der Waals surface area contributed by atoms with Crippen molar-refractivity contribution in [1.82, 2.24) is 9.78 Å². The van der Waals surface area contributed by atoms with Crippen molar-refractivity contribution in [3.63, 3.8) is 0 Å². The maximum absolute atomic E-state index is 4.42. The molecule has 0 atom stereocenters. The molecule has 0 bridgehead atoms. The fraction of sp³-hybridized carbons (Fsp3) is 0.308. The summed E-state index contributed by atoms with van der Waals surface area (Å²) >= 11 is 0. The SMILES string of the molecule is CCCn1ncc2c1Nc1ccccc1NC2. The van der Waals surface area contributed by atoms with E-state index in [1.54, 1.807) is 0 Å². The summed E-state index contributed by atoms with van der Waals surface area (Å²) in [4.78, 5) is 0. The van der Waals surface area contributed by atoms with Crippen LogP contribution in [0.2, 0.25) is 0 Å². The van der Waals surface area contributed by atoms with Crippen LogP contribution < -0.4 is 10.6 Å². The van der Waals surface area contributed by atoms with Gasteiger partial charge in [-0.3, -0.25) is 0 Å². The summed E-state index contributed by atoms with van der Waals surface area (Å²) in [6.45, 7) is 3.94. The van der Waals surface area contributed by atoms with Crippen LogP contribution in [-0.4, -0.2) is 9.78 Å². The summed E-state index contributed by atoms with van der Waals surface area (Å²) in [5.74, 6) is 1.12. The van der Waals surface area contributed by atoms with E-state index >= 15 is 0 Å². The van der Waals surface area contributed by atoms with Crippen LogP contribution in [0.4, 0.5) is 17.2 Å². The van der Waals surface area contributed by atoms with Gasteiger partial charge in [0.05, 0.1) is 17.6 Å². The molecule has 1 aromatic carbocycles. The summed E-state index contributed by atoms with van der Waals surface area (Å²) in [6, 6.07) is 8.26. The number of aryl methyl sites for hydroxylation is 1. The van der Waals surface area contributed by atoms with Crippen molar-refractivity contribution in [2.75, 3.05) is 10.6 Å². The maximum atomic E-state index is 4.42. The number of rotatable bonds is 2. The Balaban J connectivity index is 2.02. The molecule has 1 aliphatic rings. The van der Waals surface area contributed by atoms with E-state index in [1.807, 2.05) is 23.0 Å². The molecular weight excluding hydrogens is 212 g/mol. The Hall–Kier alpha value is -1.97. The van der Waals surface area contributed by atoms with Crippen LogP contribution in [-0.2, 0) is 13.1 Å². The molecule has 0 spiro atoms. The van der Waals surface area contributed by atoms with Gasteiger partial charge in [-0.15, -0.1) is 0 Å². The van der Waals surface area contributed by atoms with Crippen LogP contribution in [0.15, 0.2) is 30.5 Å². The average molecular weight is 228 g/mol. The number of nitrogens with one attached hydrogen (secondary N) is 2. The number of anilines is 3. The van der Waals surface area contributed by atoms with Gasteiger partial charge >= 0.3 is 0 Å². The molecule has 3 rings (SSSR count). The lowest BCUT2D eigenvalue weighted by Crippen LogP contribution is -2.04. The Labute approximate surface area is 101 Å². The van der Waals surface area contributed by atoms with Crippen molar-refractivity contribution in [2.45, 2.75) is 26.4 Å². The Kier molecular flexibility index (Phi) is 2.48. The normalized spacial score (nSPS) is 13.0. The van der Waals surface area contributed by atoms with Crippen molar-refractivity contribution < 1.29 is 0 Å². The molecule has 0 unspecified atom stereocenters. The summed E-state index contributed by atoms with van der Waals surface area (Å²) in [7, 11) is 0. The molecule has 0 saturated heterocycles. The molecule has 4 heteroatoms. The number of benzene rings is 1. The van der Waals surface area contributed by atoms with E-state index in [1.165, 1.54) is 5.56 Å². The second kappa shape index (κ2) is 4.13. The van der Waals surface area contributed by atoms with E-state index in [2.05, 4.69) is 34.8 Å². The Morgan fingerprint density at radius 3 is 2.94 bits per heavy atom. The number of fused-ring (bicyclic) bond motifs is 2. The van der Waals surface area contributed by atoms with Crippen molar-refractivity contribution in [1.29, 1.82) is 0 Å². The number of nitrogens with zero attached hydrogens (tertiary/aromatic N) is 2. The summed E-state index contributed by atoms with van der Waals surface area (Å²) < 4.78 is 2.04. The predicted octanol–water partition coefficient (Wildman–Crippen LogP) is 2.96. The van der Waals surface area contributed by atoms with Crippen molar-refractivity contribution >= 4 is 17.2 Å². The van der Waals surface area contributed by atoms with Gasteiger partial charge in [0.1, 0.15) is 5.82 Å². The van der Waals surface area contributed by atoms with Gasteiger partial charge in [-0.2, -0.15) is 5.10 Å². The largest absolute Gasteiger partial charge is 0.379 e. The van der Waals surface area contributed by atoms with E-state index in [4.69, 9.17) is 0 Å². The van der Waals surface area contributed by atoms with Crippen molar-refractivity contribution in [3.8, 4) is 0 Å². The topological polar surface area (TPSA) is 41.9 Å². The van der Waals surface area contributed by atoms with E-state index in [9.17, 15) is 0 Å². The molecule has 1 aliphatic heterocycles. The lowest BCUT2D eigenvalue weighted by Gasteiger charge is -2.10. The molecule has 0 radical (unpaired) electrons. The summed E-state index contributed by atoms with van der Waals surface area (Å²) in [6.07, 6.45) is 3.03. The average Bonchev–Trinajstić information content (AvgIpc) is 2.62. The summed E-state index contributed by atoms with van der Waals surface area (Å²) in [5.41, 5.74) is 3.48. The smallest absolute Gasteiger partial charge is 0.133 e. The molecule has 0 fully saturated rings. The van der Waals surface area contributed by atoms with E-state index in [0.717, 1.165) is 36.7 Å². The number of para-hydroxylation sites is 2. The predicted molar refractivity (Wildman–Crippen MR) is 69.6 cm³/mol.